The average Bonchev–Trinajstić information content (AvgIpc) is 3.14. The van der Waals surface area contributed by atoms with E-state index in [-0.39, 0.29) is 4.90 Å². The highest BCUT2D eigenvalue weighted by Gasteiger charge is 2.42. The quantitative estimate of drug-likeness (QED) is 0.589. The highest BCUT2D eigenvalue weighted by atomic mass is 35.5. The van der Waals surface area contributed by atoms with Crippen molar-refractivity contribution < 1.29 is 13.2 Å². The predicted octanol–water partition coefficient (Wildman–Crippen LogP) is 4.95. The second-order valence-electron chi connectivity index (χ2n) is 7.94. The molecule has 1 aliphatic rings. The van der Waals surface area contributed by atoms with Gasteiger partial charge in [-0.25, -0.2) is 18.2 Å². The lowest BCUT2D eigenvalue weighted by Gasteiger charge is -2.27. The predicted molar refractivity (Wildman–Crippen MR) is 127 cm³/mol. The van der Waals surface area contributed by atoms with Gasteiger partial charge in [0, 0.05) is 17.0 Å². The molecule has 6 nitrogen and oxygen atoms in total. The van der Waals surface area contributed by atoms with Crippen LogP contribution < -0.4 is 5.32 Å². The van der Waals surface area contributed by atoms with Crippen molar-refractivity contribution in [2.24, 2.45) is 5.10 Å². The highest BCUT2D eigenvalue weighted by Crippen LogP contribution is 2.35. The Labute approximate surface area is 192 Å². The van der Waals surface area contributed by atoms with Crippen LogP contribution in [0.5, 0.6) is 0 Å². The Bertz CT molecular complexity index is 1270. The maximum Gasteiger partial charge on any atom is 0.342 e. The number of nitrogens with zero attached hydrogens (tertiary/aromatic N) is 2. The molecule has 0 aliphatic carbocycles. The zero-order chi connectivity index (χ0) is 22.9. The van der Waals surface area contributed by atoms with E-state index in [4.69, 9.17) is 11.6 Å². The molecule has 1 aliphatic heterocycles. The van der Waals surface area contributed by atoms with Crippen molar-refractivity contribution in [1.82, 2.24) is 5.01 Å². The van der Waals surface area contributed by atoms with Gasteiger partial charge < -0.3 is 5.32 Å². The molecule has 2 amide bonds. The summed E-state index contributed by atoms with van der Waals surface area (Å²) in [5.41, 5.74) is 2.66. The molecule has 0 saturated carbocycles. The van der Waals surface area contributed by atoms with Crippen LogP contribution in [0, 0.1) is 0 Å². The Morgan fingerprint density at radius 1 is 1.00 bits per heavy atom. The van der Waals surface area contributed by atoms with Gasteiger partial charge in [-0.1, -0.05) is 54.1 Å². The van der Waals surface area contributed by atoms with Gasteiger partial charge in [0.05, 0.1) is 22.6 Å². The molecule has 32 heavy (non-hydrogen) atoms. The van der Waals surface area contributed by atoms with E-state index in [9.17, 15) is 13.2 Å². The van der Waals surface area contributed by atoms with Crippen molar-refractivity contribution in [2.45, 2.75) is 17.2 Å². The van der Waals surface area contributed by atoms with Crippen LogP contribution >= 0.6 is 11.6 Å². The average molecular weight is 468 g/mol. The number of hydrogen-bond donors (Lipinski definition) is 1. The van der Waals surface area contributed by atoms with E-state index in [1.165, 1.54) is 17.1 Å². The Balaban J connectivity index is 1.64. The van der Waals surface area contributed by atoms with E-state index >= 15 is 0 Å². The SMILES string of the molecule is CC1(c2ccccc2)CN(C(=O)Nc2ccc(S(C)(=O)=O)cc2)N=C1c1ccc(Cl)cc1. The number of amides is 2. The van der Waals surface area contributed by atoms with E-state index in [0.717, 1.165) is 23.1 Å². The van der Waals surface area contributed by atoms with Crippen molar-refractivity contribution in [3.63, 3.8) is 0 Å². The van der Waals surface area contributed by atoms with Crippen LogP contribution in [0.15, 0.2) is 88.9 Å². The third-order valence-electron chi connectivity index (χ3n) is 5.51. The first kappa shape index (κ1) is 22.0. The van der Waals surface area contributed by atoms with Crippen molar-refractivity contribution in [3.8, 4) is 0 Å². The van der Waals surface area contributed by atoms with Gasteiger partial charge in [-0.05, 0) is 54.4 Å². The monoisotopic (exact) mass is 467 g/mol. The summed E-state index contributed by atoms with van der Waals surface area (Å²) in [4.78, 5) is 13.2. The minimum atomic E-state index is -3.31. The number of anilines is 1. The van der Waals surface area contributed by atoms with Crippen molar-refractivity contribution in [3.05, 3.63) is 95.0 Å². The summed E-state index contributed by atoms with van der Waals surface area (Å²) in [5, 5.41) is 9.50. The second kappa shape index (κ2) is 8.41. The fourth-order valence-corrected chi connectivity index (χ4v) is 4.51. The molecule has 0 fully saturated rings. The summed E-state index contributed by atoms with van der Waals surface area (Å²) in [6, 6.07) is 23.0. The Hall–Kier alpha value is -3.16. The van der Waals surface area contributed by atoms with Gasteiger partial charge in [-0.2, -0.15) is 5.10 Å². The molecule has 0 radical (unpaired) electrons. The smallest absolute Gasteiger partial charge is 0.306 e. The number of sulfone groups is 1. The van der Waals surface area contributed by atoms with Crippen LogP contribution in [0.2, 0.25) is 5.02 Å². The van der Waals surface area contributed by atoms with E-state index < -0.39 is 21.3 Å². The number of carbonyl (C=O) groups excluding carboxylic acids is 1. The number of carbonyl (C=O) groups is 1. The fourth-order valence-electron chi connectivity index (χ4n) is 3.75. The molecule has 1 atom stereocenters. The number of hydrogen-bond acceptors (Lipinski definition) is 4. The summed E-state index contributed by atoms with van der Waals surface area (Å²) < 4.78 is 23.3. The molecule has 8 heteroatoms. The highest BCUT2D eigenvalue weighted by molar-refractivity contribution is 7.90. The number of nitrogens with one attached hydrogen (secondary N) is 1. The van der Waals surface area contributed by atoms with Gasteiger partial charge >= 0.3 is 6.03 Å². The molecular formula is C24H22ClN3O3S. The number of halogens is 1. The van der Waals surface area contributed by atoms with Gasteiger partial charge in [-0.15, -0.1) is 0 Å². The van der Waals surface area contributed by atoms with Crippen LogP contribution in [-0.4, -0.2) is 38.0 Å². The molecule has 0 bridgehead atoms. The summed E-state index contributed by atoms with van der Waals surface area (Å²) >= 11 is 6.06. The van der Waals surface area contributed by atoms with Crippen molar-refractivity contribution in [1.29, 1.82) is 0 Å². The van der Waals surface area contributed by atoms with Gasteiger partial charge in [0.1, 0.15) is 0 Å². The van der Waals surface area contributed by atoms with Gasteiger partial charge in [-0.3, -0.25) is 0 Å². The first-order valence-corrected chi connectivity index (χ1v) is 12.2. The number of hydrazone groups is 1. The standard InChI is InChI=1S/C24H22ClN3O3S/c1-24(18-6-4-3-5-7-18)16-28(27-22(24)17-8-10-19(25)11-9-17)23(29)26-20-12-14-21(15-13-20)32(2,30)31/h3-15H,16H2,1-2H3,(H,26,29). The topological polar surface area (TPSA) is 78.8 Å². The molecule has 164 valence electrons. The lowest BCUT2D eigenvalue weighted by atomic mass is 9.76. The van der Waals surface area contributed by atoms with Gasteiger partial charge in [0.25, 0.3) is 0 Å². The van der Waals surface area contributed by atoms with E-state index in [1.54, 1.807) is 24.3 Å². The largest absolute Gasteiger partial charge is 0.342 e. The molecule has 3 aromatic rings. The molecule has 1 heterocycles. The van der Waals surface area contributed by atoms with Gasteiger partial charge in [0.15, 0.2) is 9.84 Å². The van der Waals surface area contributed by atoms with Crippen LogP contribution in [0.25, 0.3) is 0 Å². The minimum absolute atomic E-state index is 0.191. The molecule has 0 saturated heterocycles. The molecule has 3 aromatic carbocycles. The summed E-state index contributed by atoms with van der Waals surface area (Å²) in [5.74, 6) is 0. The first-order chi connectivity index (χ1) is 15.2. The molecule has 4 rings (SSSR count). The lowest BCUT2D eigenvalue weighted by Crippen LogP contribution is -2.38. The summed E-state index contributed by atoms with van der Waals surface area (Å²) in [6.07, 6.45) is 1.14. The first-order valence-electron chi connectivity index (χ1n) is 9.96. The van der Waals surface area contributed by atoms with Gasteiger partial charge in [0.2, 0.25) is 0 Å². The number of urea groups is 1. The Morgan fingerprint density at radius 2 is 1.62 bits per heavy atom. The fraction of sp³-hybridized carbons (Fsp3) is 0.167. The zero-order valence-corrected chi connectivity index (χ0v) is 19.2. The van der Waals surface area contributed by atoms with Crippen molar-refractivity contribution >= 4 is 38.9 Å². The number of rotatable bonds is 4. The summed E-state index contributed by atoms with van der Waals surface area (Å²) in [7, 11) is -3.31. The maximum absolute atomic E-state index is 13.0. The maximum atomic E-state index is 13.0. The third-order valence-corrected chi connectivity index (χ3v) is 6.89. The second-order valence-corrected chi connectivity index (χ2v) is 10.4. The van der Waals surface area contributed by atoms with Crippen LogP contribution in [-0.2, 0) is 15.3 Å². The van der Waals surface area contributed by atoms with Crippen LogP contribution in [0.1, 0.15) is 18.1 Å². The minimum Gasteiger partial charge on any atom is -0.306 e. The van der Waals surface area contributed by atoms with Crippen LogP contribution in [0.3, 0.4) is 0 Å². The normalized spacial score (nSPS) is 18.3. The van der Waals surface area contributed by atoms with E-state index in [0.29, 0.717) is 17.3 Å². The Kier molecular flexibility index (Phi) is 5.79. The number of benzene rings is 3. The zero-order valence-electron chi connectivity index (χ0n) is 17.6. The van der Waals surface area contributed by atoms with E-state index in [2.05, 4.69) is 17.3 Å². The van der Waals surface area contributed by atoms with Crippen molar-refractivity contribution in [2.75, 3.05) is 18.1 Å². The Morgan fingerprint density at radius 3 is 2.22 bits per heavy atom. The van der Waals surface area contributed by atoms with E-state index in [1.807, 2.05) is 42.5 Å². The molecule has 1 N–H and O–H groups in total. The molecule has 1 unspecified atom stereocenters. The third kappa shape index (κ3) is 4.40. The molecule has 0 aromatic heterocycles. The van der Waals surface area contributed by atoms with Crippen LogP contribution in [0.4, 0.5) is 10.5 Å². The summed E-state index contributed by atoms with van der Waals surface area (Å²) in [6.45, 7) is 2.41. The lowest BCUT2D eigenvalue weighted by molar-refractivity contribution is 0.214. The molecule has 0 spiro atoms. The molecular weight excluding hydrogens is 446 g/mol.